The van der Waals surface area contributed by atoms with Gasteiger partial charge in [0.05, 0.1) is 9.88 Å². The highest BCUT2D eigenvalue weighted by molar-refractivity contribution is 7.18. The van der Waals surface area contributed by atoms with Gasteiger partial charge in [-0.2, -0.15) is 11.3 Å². The van der Waals surface area contributed by atoms with Gasteiger partial charge in [-0.25, -0.2) is 0 Å². The fraction of sp³-hybridized carbons (Fsp3) is 0.200. The van der Waals surface area contributed by atoms with Crippen LogP contribution in [0.1, 0.15) is 44.3 Å². The summed E-state index contributed by atoms with van der Waals surface area (Å²) in [6.45, 7) is 3.94. The second-order valence-electron chi connectivity index (χ2n) is 6.43. The second kappa shape index (κ2) is 6.70. The molecule has 0 saturated heterocycles. The SMILES string of the molecule is Cc1ccccc1NC(=O)c1sc2c(c1C)[C@H](c1ccsc1)CC(=O)N2. The van der Waals surface area contributed by atoms with Crippen LogP contribution in [0.15, 0.2) is 41.1 Å². The number of para-hydroxylation sites is 1. The van der Waals surface area contributed by atoms with Crippen molar-refractivity contribution in [1.82, 2.24) is 0 Å². The van der Waals surface area contributed by atoms with Crippen LogP contribution in [-0.2, 0) is 4.79 Å². The van der Waals surface area contributed by atoms with Crippen LogP contribution in [0.4, 0.5) is 10.7 Å². The largest absolute Gasteiger partial charge is 0.321 e. The Kier molecular flexibility index (Phi) is 4.38. The summed E-state index contributed by atoms with van der Waals surface area (Å²) >= 11 is 2.98. The van der Waals surface area contributed by atoms with Crippen LogP contribution in [0, 0.1) is 13.8 Å². The van der Waals surface area contributed by atoms with Crippen molar-refractivity contribution in [1.29, 1.82) is 0 Å². The normalized spacial score (nSPS) is 16.1. The predicted molar refractivity (Wildman–Crippen MR) is 108 cm³/mol. The van der Waals surface area contributed by atoms with E-state index in [-0.39, 0.29) is 17.7 Å². The molecular formula is C20H18N2O2S2. The van der Waals surface area contributed by atoms with Crippen LogP contribution in [0.2, 0.25) is 0 Å². The first-order valence-corrected chi connectivity index (χ1v) is 10.1. The highest BCUT2D eigenvalue weighted by Crippen LogP contribution is 2.45. The molecule has 4 nitrogen and oxygen atoms in total. The van der Waals surface area contributed by atoms with Crippen molar-refractivity contribution in [3.05, 3.63) is 68.2 Å². The molecular weight excluding hydrogens is 364 g/mol. The first-order chi connectivity index (χ1) is 12.5. The number of fused-ring (bicyclic) bond motifs is 1. The third-order valence-corrected chi connectivity index (χ3v) is 6.65. The predicted octanol–water partition coefficient (Wildman–Crippen LogP) is 5.15. The molecule has 3 aromatic rings. The molecule has 1 aliphatic heterocycles. The summed E-state index contributed by atoms with van der Waals surface area (Å²) in [5, 5.41) is 10.8. The number of carbonyl (C=O) groups is 2. The Morgan fingerprint density at radius 3 is 2.77 bits per heavy atom. The van der Waals surface area contributed by atoms with Gasteiger partial charge in [-0.1, -0.05) is 18.2 Å². The summed E-state index contributed by atoms with van der Waals surface area (Å²) in [5.41, 5.74) is 4.99. The van der Waals surface area contributed by atoms with Gasteiger partial charge in [-0.3, -0.25) is 9.59 Å². The first-order valence-electron chi connectivity index (χ1n) is 8.37. The molecule has 6 heteroatoms. The van der Waals surface area contributed by atoms with Gasteiger partial charge in [0, 0.05) is 18.0 Å². The molecule has 2 N–H and O–H groups in total. The second-order valence-corrected chi connectivity index (χ2v) is 8.23. The molecule has 4 rings (SSSR count). The molecule has 0 saturated carbocycles. The third-order valence-electron chi connectivity index (χ3n) is 4.73. The molecule has 2 aromatic heterocycles. The Bertz CT molecular complexity index is 989. The molecule has 0 unspecified atom stereocenters. The molecule has 1 aromatic carbocycles. The smallest absolute Gasteiger partial charge is 0.266 e. The molecule has 1 aliphatic rings. The molecule has 0 radical (unpaired) electrons. The van der Waals surface area contributed by atoms with Gasteiger partial charge in [0.25, 0.3) is 5.91 Å². The average molecular weight is 383 g/mol. The Morgan fingerprint density at radius 1 is 1.23 bits per heavy atom. The minimum absolute atomic E-state index is 0.000752. The molecule has 0 spiro atoms. The van der Waals surface area contributed by atoms with Gasteiger partial charge >= 0.3 is 0 Å². The Hall–Kier alpha value is -2.44. The molecule has 0 aliphatic carbocycles. The average Bonchev–Trinajstić information content (AvgIpc) is 3.25. The lowest BCUT2D eigenvalue weighted by Crippen LogP contribution is -2.22. The van der Waals surface area contributed by atoms with Crippen LogP contribution in [-0.4, -0.2) is 11.8 Å². The maximum Gasteiger partial charge on any atom is 0.266 e. The summed E-state index contributed by atoms with van der Waals surface area (Å²) in [7, 11) is 0. The topological polar surface area (TPSA) is 58.2 Å². The van der Waals surface area contributed by atoms with Gasteiger partial charge in [0.2, 0.25) is 5.91 Å². The number of hydrogen-bond donors (Lipinski definition) is 2. The Labute approximate surface area is 159 Å². The Balaban J connectivity index is 1.71. The fourth-order valence-electron chi connectivity index (χ4n) is 3.37. The van der Waals surface area contributed by atoms with Gasteiger partial charge in [0.1, 0.15) is 0 Å². The molecule has 3 heterocycles. The number of thiophene rings is 2. The number of hydrogen-bond acceptors (Lipinski definition) is 4. The number of aryl methyl sites for hydroxylation is 1. The van der Waals surface area contributed by atoms with Crippen molar-refractivity contribution >= 4 is 45.2 Å². The van der Waals surface area contributed by atoms with Gasteiger partial charge in [-0.15, -0.1) is 11.3 Å². The molecule has 2 amide bonds. The molecule has 26 heavy (non-hydrogen) atoms. The van der Waals surface area contributed by atoms with Crippen molar-refractivity contribution in [2.45, 2.75) is 26.2 Å². The van der Waals surface area contributed by atoms with E-state index in [1.807, 2.05) is 43.5 Å². The molecule has 132 valence electrons. The molecule has 1 atom stereocenters. The summed E-state index contributed by atoms with van der Waals surface area (Å²) in [5.74, 6) is -0.114. The van der Waals surface area contributed by atoms with E-state index >= 15 is 0 Å². The number of nitrogens with one attached hydrogen (secondary N) is 2. The van der Waals surface area contributed by atoms with E-state index in [0.29, 0.717) is 11.3 Å². The maximum atomic E-state index is 12.9. The monoisotopic (exact) mass is 382 g/mol. The van der Waals surface area contributed by atoms with E-state index in [1.165, 1.54) is 11.3 Å². The van der Waals surface area contributed by atoms with Crippen LogP contribution >= 0.6 is 22.7 Å². The van der Waals surface area contributed by atoms with Crippen LogP contribution < -0.4 is 10.6 Å². The van der Waals surface area contributed by atoms with Crippen LogP contribution in [0.25, 0.3) is 0 Å². The van der Waals surface area contributed by atoms with E-state index in [4.69, 9.17) is 0 Å². The van der Waals surface area contributed by atoms with E-state index in [1.54, 1.807) is 11.3 Å². The zero-order valence-corrected chi connectivity index (χ0v) is 16.1. The number of amides is 2. The highest BCUT2D eigenvalue weighted by atomic mass is 32.1. The zero-order chi connectivity index (χ0) is 18.3. The van der Waals surface area contributed by atoms with Gasteiger partial charge in [-0.05, 0) is 59.0 Å². The minimum atomic E-state index is -0.130. The summed E-state index contributed by atoms with van der Waals surface area (Å²) in [6.07, 6.45) is 0.417. The van der Waals surface area contributed by atoms with Crippen molar-refractivity contribution in [3.63, 3.8) is 0 Å². The Morgan fingerprint density at radius 2 is 2.04 bits per heavy atom. The lowest BCUT2D eigenvalue weighted by Gasteiger charge is -2.23. The minimum Gasteiger partial charge on any atom is -0.321 e. The van der Waals surface area contributed by atoms with Crippen molar-refractivity contribution in [2.24, 2.45) is 0 Å². The number of benzene rings is 1. The van der Waals surface area contributed by atoms with E-state index in [0.717, 1.165) is 32.9 Å². The molecule has 0 fully saturated rings. The maximum absolute atomic E-state index is 12.9. The van der Waals surface area contributed by atoms with Crippen molar-refractivity contribution < 1.29 is 9.59 Å². The van der Waals surface area contributed by atoms with Gasteiger partial charge in [0.15, 0.2) is 0 Å². The van der Waals surface area contributed by atoms with Crippen LogP contribution in [0.3, 0.4) is 0 Å². The lowest BCUT2D eigenvalue weighted by molar-refractivity contribution is -0.116. The standard InChI is InChI=1S/C20H18N2O2S2/c1-11-5-3-4-6-15(11)21-19(24)18-12(2)17-14(13-7-8-25-10-13)9-16(23)22-20(17)26-18/h3-8,10,14H,9H2,1-2H3,(H,21,24)(H,22,23)/t14-/m0/s1. The first kappa shape index (κ1) is 17.0. The van der Waals surface area contributed by atoms with Crippen LogP contribution in [0.5, 0.6) is 0 Å². The van der Waals surface area contributed by atoms with Gasteiger partial charge < -0.3 is 10.6 Å². The number of rotatable bonds is 3. The molecule has 0 bridgehead atoms. The highest BCUT2D eigenvalue weighted by Gasteiger charge is 2.33. The van der Waals surface area contributed by atoms with Crippen molar-refractivity contribution in [3.8, 4) is 0 Å². The quantitative estimate of drug-likeness (QED) is 0.658. The fourth-order valence-corrected chi connectivity index (χ4v) is 5.27. The van der Waals surface area contributed by atoms with E-state index in [2.05, 4.69) is 22.1 Å². The number of anilines is 2. The summed E-state index contributed by atoms with van der Waals surface area (Å²) in [4.78, 5) is 25.7. The third kappa shape index (κ3) is 2.95. The lowest BCUT2D eigenvalue weighted by atomic mass is 9.86. The van der Waals surface area contributed by atoms with E-state index in [9.17, 15) is 9.59 Å². The van der Waals surface area contributed by atoms with E-state index < -0.39 is 0 Å². The van der Waals surface area contributed by atoms with Crippen molar-refractivity contribution in [2.75, 3.05) is 10.6 Å². The summed E-state index contributed by atoms with van der Waals surface area (Å²) in [6, 6.07) is 9.77. The summed E-state index contributed by atoms with van der Waals surface area (Å²) < 4.78 is 0. The number of carbonyl (C=O) groups excluding carboxylic acids is 2. The zero-order valence-electron chi connectivity index (χ0n) is 14.5.